The third-order valence-electron chi connectivity index (χ3n) is 0.614. The smallest absolute Gasteiger partial charge is 0.237 e. The molecule has 9 heavy (non-hydrogen) atoms. The van der Waals surface area contributed by atoms with Gasteiger partial charge in [0.05, 0.1) is 0 Å². The summed E-state index contributed by atoms with van der Waals surface area (Å²) in [5, 5.41) is 8.51. The quantitative estimate of drug-likeness (QED) is 0.464. The highest BCUT2D eigenvalue weighted by molar-refractivity contribution is 8.13. The molecule has 4 nitrogen and oxygen atoms in total. The van der Waals surface area contributed by atoms with E-state index in [0.717, 1.165) is 0 Å². The molecule has 6 heteroatoms. The summed E-state index contributed by atoms with van der Waals surface area (Å²) < 4.78 is 24.5. The number of hydrogen-bond donors (Lipinski definition) is 1. The first-order valence-corrected chi connectivity index (χ1v) is 4.57. The van der Waals surface area contributed by atoms with Gasteiger partial charge >= 0.3 is 0 Å². The van der Waals surface area contributed by atoms with E-state index < -0.39 is 21.1 Å². The molecule has 0 radical (unpaired) electrons. The van der Waals surface area contributed by atoms with Crippen molar-refractivity contribution in [1.82, 2.24) is 0 Å². The summed E-state index contributed by atoms with van der Waals surface area (Å²) in [5.74, 6) is -0.578. The molecule has 0 aliphatic carbocycles. The van der Waals surface area contributed by atoms with Crippen LogP contribution in [0.5, 0.6) is 0 Å². The third-order valence-corrected chi connectivity index (χ3v) is 1.68. The van der Waals surface area contributed by atoms with Crippen molar-refractivity contribution in [2.24, 2.45) is 0 Å². The molecule has 0 saturated heterocycles. The Morgan fingerprint density at radius 1 is 1.78 bits per heavy atom. The van der Waals surface area contributed by atoms with E-state index in [0.29, 0.717) is 0 Å². The number of rotatable bonds is 3. The summed E-state index contributed by atoms with van der Waals surface area (Å²) in [4.78, 5) is 0. The minimum absolute atomic E-state index is 0.578. The lowest BCUT2D eigenvalue weighted by atomic mass is 10.8. The number of hydrogen-bond acceptors (Lipinski definition) is 4. The molecule has 0 spiro atoms. The van der Waals surface area contributed by atoms with E-state index >= 15 is 0 Å². The highest BCUT2D eigenvalue weighted by Gasteiger charge is 2.12. The molecule has 1 atom stereocenters. The highest BCUT2D eigenvalue weighted by atomic mass is 35.7. The second-order valence-corrected chi connectivity index (χ2v) is 4.22. The maximum absolute atomic E-state index is 10.1. The van der Waals surface area contributed by atoms with Gasteiger partial charge in [0.25, 0.3) is 0 Å². The molecule has 1 N–H and O–H groups in total. The Hall–Kier alpha value is 0.160. The Kier molecular flexibility index (Phi) is 3.42. The van der Waals surface area contributed by atoms with E-state index in [1.54, 1.807) is 0 Å². The van der Waals surface area contributed by atoms with Gasteiger partial charge in [-0.05, 0) is 0 Å². The molecule has 0 rings (SSSR count). The molecule has 0 saturated carbocycles. The van der Waals surface area contributed by atoms with Gasteiger partial charge < -0.3 is 9.84 Å². The number of aliphatic hydroxyl groups excluding tert-OH is 1. The van der Waals surface area contributed by atoms with Crippen molar-refractivity contribution in [2.75, 3.05) is 12.9 Å². The van der Waals surface area contributed by atoms with Gasteiger partial charge in [-0.3, -0.25) is 0 Å². The summed E-state index contributed by atoms with van der Waals surface area (Å²) in [6.45, 7) is 0. The zero-order valence-corrected chi connectivity index (χ0v) is 6.32. The lowest BCUT2D eigenvalue weighted by molar-refractivity contribution is -0.0554. The van der Waals surface area contributed by atoms with Crippen molar-refractivity contribution < 1.29 is 18.3 Å². The van der Waals surface area contributed by atoms with Crippen molar-refractivity contribution in [3.63, 3.8) is 0 Å². The molecule has 0 aliphatic rings. The molecule has 0 fully saturated rings. The predicted octanol–water partition coefficient (Wildman–Crippen LogP) is -0.480. The molecular formula is C3H7ClO4S. The van der Waals surface area contributed by atoms with E-state index in [4.69, 9.17) is 15.8 Å². The first-order chi connectivity index (χ1) is 3.95. The molecule has 0 heterocycles. The number of methoxy groups -OCH3 is 1. The Morgan fingerprint density at radius 2 is 2.22 bits per heavy atom. The number of halogens is 1. The zero-order chi connectivity index (χ0) is 7.49. The average Bonchev–Trinajstić information content (AvgIpc) is 1.62. The standard InChI is InChI=1S/C3H7ClO4S/c1-8-3(5)2-9(4,6)7/h3,5H,2H2,1H3. The Labute approximate surface area is 57.8 Å². The van der Waals surface area contributed by atoms with Crippen molar-refractivity contribution in [3.05, 3.63) is 0 Å². The minimum atomic E-state index is -3.64. The summed E-state index contributed by atoms with van der Waals surface area (Å²) in [6, 6.07) is 0. The number of aliphatic hydroxyl groups is 1. The highest BCUT2D eigenvalue weighted by Crippen LogP contribution is 1.98. The molecule has 0 aromatic carbocycles. The first-order valence-electron chi connectivity index (χ1n) is 2.09. The van der Waals surface area contributed by atoms with Crippen LogP contribution in [0.25, 0.3) is 0 Å². The fourth-order valence-corrected chi connectivity index (χ4v) is 1.04. The van der Waals surface area contributed by atoms with Gasteiger partial charge in [0.2, 0.25) is 9.05 Å². The van der Waals surface area contributed by atoms with Crippen LogP contribution >= 0.6 is 10.7 Å². The normalized spacial score (nSPS) is 15.4. The largest absolute Gasteiger partial charge is 0.367 e. The summed E-state index contributed by atoms with van der Waals surface area (Å²) in [5.41, 5.74) is 0. The van der Waals surface area contributed by atoms with Crippen molar-refractivity contribution >= 4 is 19.7 Å². The van der Waals surface area contributed by atoms with Gasteiger partial charge in [-0.2, -0.15) is 0 Å². The predicted molar refractivity (Wildman–Crippen MR) is 32.7 cm³/mol. The van der Waals surface area contributed by atoms with E-state index in [2.05, 4.69) is 4.74 Å². The maximum Gasteiger partial charge on any atom is 0.237 e. The van der Waals surface area contributed by atoms with Gasteiger partial charge in [0.1, 0.15) is 5.75 Å². The van der Waals surface area contributed by atoms with E-state index in [-0.39, 0.29) is 0 Å². The van der Waals surface area contributed by atoms with Gasteiger partial charge in [-0.15, -0.1) is 0 Å². The van der Waals surface area contributed by atoms with E-state index in [1.165, 1.54) is 7.11 Å². The van der Waals surface area contributed by atoms with Crippen LogP contribution in [0.3, 0.4) is 0 Å². The van der Waals surface area contributed by atoms with Gasteiger partial charge in [-0.25, -0.2) is 8.42 Å². The molecule has 0 aromatic heterocycles. The van der Waals surface area contributed by atoms with Crippen LogP contribution in [0.4, 0.5) is 0 Å². The molecule has 56 valence electrons. The lowest BCUT2D eigenvalue weighted by Crippen LogP contribution is -2.18. The van der Waals surface area contributed by atoms with Crippen molar-refractivity contribution in [2.45, 2.75) is 6.29 Å². The van der Waals surface area contributed by atoms with Crippen LogP contribution < -0.4 is 0 Å². The molecule has 1 unspecified atom stereocenters. The second-order valence-electron chi connectivity index (χ2n) is 1.40. The monoisotopic (exact) mass is 174 g/mol. The second kappa shape index (κ2) is 3.36. The zero-order valence-electron chi connectivity index (χ0n) is 4.74. The minimum Gasteiger partial charge on any atom is -0.367 e. The van der Waals surface area contributed by atoms with Crippen molar-refractivity contribution in [1.29, 1.82) is 0 Å². The van der Waals surface area contributed by atoms with Crippen LogP contribution in [0.1, 0.15) is 0 Å². The molecule has 0 aliphatic heterocycles. The summed E-state index contributed by atoms with van der Waals surface area (Å²) in [7, 11) is 2.29. The van der Waals surface area contributed by atoms with Gasteiger partial charge in [-0.1, -0.05) is 0 Å². The molecule has 0 amide bonds. The Bertz CT molecular complexity index is 163. The summed E-state index contributed by atoms with van der Waals surface area (Å²) >= 11 is 0. The molecule has 0 aromatic rings. The van der Waals surface area contributed by atoms with E-state index in [9.17, 15) is 8.42 Å². The number of ether oxygens (including phenoxy) is 1. The van der Waals surface area contributed by atoms with Crippen LogP contribution in [0.2, 0.25) is 0 Å². The van der Waals surface area contributed by atoms with Crippen LogP contribution in [0.15, 0.2) is 0 Å². The van der Waals surface area contributed by atoms with Crippen LogP contribution in [0, 0.1) is 0 Å². The fourth-order valence-electron chi connectivity index (χ4n) is 0.238. The maximum atomic E-state index is 10.1. The van der Waals surface area contributed by atoms with Crippen LogP contribution in [-0.4, -0.2) is 32.7 Å². The van der Waals surface area contributed by atoms with Crippen LogP contribution in [-0.2, 0) is 13.8 Å². The third kappa shape index (κ3) is 6.04. The fraction of sp³-hybridized carbons (Fsp3) is 1.00. The van der Waals surface area contributed by atoms with Gasteiger partial charge in [0, 0.05) is 17.8 Å². The Balaban J connectivity index is 3.75. The SMILES string of the molecule is COC(O)CS(=O)(=O)Cl. The topological polar surface area (TPSA) is 63.6 Å². The molecule has 0 bridgehead atoms. The lowest BCUT2D eigenvalue weighted by Gasteiger charge is -2.03. The van der Waals surface area contributed by atoms with E-state index in [1.807, 2.05) is 0 Å². The van der Waals surface area contributed by atoms with Crippen molar-refractivity contribution in [3.8, 4) is 0 Å². The first kappa shape index (κ1) is 9.16. The van der Waals surface area contributed by atoms with Gasteiger partial charge in [0.15, 0.2) is 6.29 Å². The Morgan fingerprint density at radius 3 is 2.33 bits per heavy atom. The average molecular weight is 175 g/mol. The summed E-state index contributed by atoms with van der Waals surface area (Å²) in [6.07, 6.45) is -1.33. The molecular weight excluding hydrogens is 168 g/mol.